The third-order valence-electron chi connectivity index (χ3n) is 1.95. The molecule has 0 aliphatic heterocycles. The molecule has 0 radical (unpaired) electrons. The Bertz CT molecular complexity index is 470. The second-order valence-corrected chi connectivity index (χ2v) is 4.73. The summed E-state index contributed by atoms with van der Waals surface area (Å²) in [6.07, 6.45) is 1.53. The molecule has 19 heavy (non-hydrogen) atoms. The highest BCUT2D eigenvalue weighted by atomic mass is 32.2. The van der Waals surface area contributed by atoms with Crippen molar-refractivity contribution in [1.29, 1.82) is 0 Å². The molecule has 6 nitrogen and oxygen atoms in total. The van der Waals surface area contributed by atoms with E-state index in [1.165, 1.54) is 17.8 Å². The Labute approximate surface area is 116 Å². The van der Waals surface area contributed by atoms with Gasteiger partial charge in [0.15, 0.2) is 0 Å². The van der Waals surface area contributed by atoms with Gasteiger partial charge in [-0.2, -0.15) is 0 Å². The predicted octanol–water partition coefficient (Wildman–Crippen LogP) is 1.20. The number of carbonyl (C=O) groups excluding carboxylic acids is 2. The zero-order valence-corrected chi connectivity index (χ0v) is 11.7. The first-order valence-corrected chi connectivity index (χ1v) is 6.63. The molecule has 2 N–H and O–H groups in total. The molecule has 0 aliphatic rings. The molecule has 3 amide bonds. The maximum atomic E-state index is 11.5. The summed E-state index contributed by atoms with van der Waals surface area (Å²) in [6, 6.07) is 1.27. The van der Waals surface area contributed by atoms with Crippen LogP contribution in [0.5, 0.6) is 0 Å². The Balaban J connectivity index is 2.41. The molecule has 0 saturated carbocycles. The van der Waals surface area contributed by atoms with Crippen LogP contribution in [0.4, 0.5) is 4.79 Å². The van der Waals surface area contributed by atoms with Crippen molar-refractivity contribution < 1.29 is 9.59 Å². The van der Waals surface area contributed by atoms with E-state index < -0.39 is 6.03 Å². The van der Waals surface area contributed by atoms with E-state index in [2.05, 4.69) is 27.2 Å². The highest BCUT2D eigenvalue weighted by Gasteiger charge is 2.08. The lowest BCUT2D eigenvalue weighted by molar-refractivity contribution is -0.117. The van der Waals surface area contributed by atoms with Gasteiger partial charge in [-0.3, -0.25) is 10.1 Å². The van der Waals surface area contributed by atoms with Gasteiger partial charge in [-0.05, 0) is 19.9 Å². The van der Waals surface area contributed by atoms with E-state index in [0.29, 0.717) is 17.4 Å². The molecule has 0 spiro atoms. The van der Waals surface area contributed by atoms with Gasteiger partial charge in [0.2, 0.25) is 5.91 Å². The van der Waals surface area contributed by atoms with Gasteiger partial charge in [0.25, 0.3) is 0 Å². The van der Waals surface area contributed by atoms with Gasteiger partial charge in [0.05, 0.1) is 5.75 Å². The Morgan fingerprint density at radius 2 is 2.16 bits per heavy atom. The van der Waals surface area contributed by atoms with Gasteiger partial charge in [-0.25, -0.2) is 14.8 Å². The molecular weight excluding hydrogens is 264 g/mol. The van der Waals surface area contributed by atoms with Crippen LogP contribution in [0.2, 0.25) is 0 Å². The molecule has 1 rings (SSSR count). The number of amides is 3. The fraction of sp³-hybridized carbons (Fsp3) is 0.333. The SMILES string of the molecule is C=CCNC(=O)NC(=O)CSc1cc(C)nc(C)n1. The summed E-state index contributed by atoms with van der Waals surface area (Å²) in [6.45, 7) is 7.43. The van der Waals surface area contributed by atoms with Gasteiger partial charge >= 0.3 is 6.03 Å². The van der Waals surface area contributed by atoms with Crippen molar-refractivity contribution in [2.75, 3.05) is 12.3 Å². The molecule has 1 heterocycles. The van der Waals surface area contributed by atoms with Gasteiger partial charge in [-0.15, -0.1) is 6.58 Å². The van der Waals surface area contributed by atoms with Crippen molar-refractivity contribution in [3.63, 3.8) is 0 Å². The molecule has 1 aromatic rings. The maximum Gasteiger partial charge on any atom is 0.321 e. The van der Waals surface area contributed by atoms with Crippen LogP contribution in [0.3, 0.4) is 0 Å². The van der Waals surface area contributed by atoms with E-state index in [1.54, 1.807) is 13.0 Å². The topological polar surface area (TPSA) is 84.0 Å². The van der Waals surface area contributed by atoms with Crippen molar-refractivity contribution >= 4 is 23.7 Å². The number of nitrogens with one attached hydrogen (secondary N) is 2. The molecular formula is C12H16N4O2S. The van der Waals surface area contributed by atoms with Crippen LogP contribution >= 0.6 is 11.8 Å². The van der Waals surface area contributed by atoms with E-state index in [-0.39, 0.29) is 11.7 Å². The number of nitrogens with zero attached hydrogens (tertiary/aromatic N) is 2. The molecule has 0 atom stereocenters. The van der Waals surface area contributed by atoms with Gasteiger partial charge in [0, 0.05) is 12.2 Å². The highest BCUT2D eigenvalue weighted by Crippen LogP contribution is 2.15. The molecule has 0 aromatic carbocycles. The number of thioether (sulfide) groups is 1. The number of urea groups is 1. The average molecular weight is 280 g/mol. The lowest BCUT2D eigenvalue weighted by Crippen LogP contribution is -2.40. The van der Waals surface area contributed by atoms with Crippen LogP contribution in [0.1, 0.15) is 11.5 Å². The van der Waals surface area contributed by atoms with E-state index >= 15 is 0 Å². The fourth-order valence-corrected chi connectivity index (χ4v) is 2.07. The van der Waals surface area contributed by atoms with E-state index in [4.69, 9.17) is 0 Å². The van der Waals surface area contributed by atoms with Crippen molar-refractivity contribution in [3.05, 3.63) is 30.2 Å². The Hall–Kier alpha value is -1.89. The Morgan fingerprint density at radius 1 is 1.42 bits per heavy atom. The van der Waals surface area contributed by atoms with Crippen LogP contribution < -0.4 is 10.6 Å². The second-order valence-electron chi connectivity index (χ2n) is 3.73. The van der Waals surface area contributed by atoms with Crippen LogP contribution in [0, 0.1) is 13.8 Å². The van der Waals surface area contributed by atoms with E-state index in [0.717, 1.165) is 5.69 Å². The number of imide groups is 1. The number of carbonyl (C=O) groups is 2. The molecule has 0 aliphatic carbocycles. The van der Waals surface area contributed by atoms with Crippen molar-refractivity contribution in [3.8, 4) is 0 Å². The molecule has 0 fully saturated rings. The van der Waals surface area contributed by atoms with Gasteiger partial charge < -0.3 is 5.32 Å². The second kappa shape index (κ2) is 7.52. The lowest BCUT2D eigenvalue weighted by Gasteiger charge is -2.05. The predicted molar refractivity (Wildman–Crippen MR) is 74.0 cm³/mol. The van der Waals surface area contributed by atoms with Crippen LogP contribution in [-0.4, -0.2) is 34.2 Å². The summed E-state index contributed by atoms with van der Waals surface area (Å²) in [5.74, 6) is 0.407. The zero-order chi connectivity index (χ0) is 14.3. The molecule has 7 heteroatoms. The summed E-state index contributed by atoms with van der Waals surface area (Å²) < 4.78 is 0. The summed E-state index contributed by atoms with van der Waals surface area (Å²) in [4.78, 5) is 31.0. The van der Waals surface area contributed by atoms with E-state index in [1.807, 2.05) is 6.92 Å². The molecule has 102 valence electrons. The first kappa shape index (κ1) is 15.2. The van der Waals surface area contributed by atoms with Crippen LogP contribution in [0.25, 0.3) is 0 Å². The molecule has 0 saturated heterocycles. The molecule has 0 bridgehead atoms. The largest absolute Gasteiger partial charge is 0.334 e. The number of hydrogen-bond donors (Lipinski definition) is 2. The third-order valence-corrected chi connectivity index (χ3v) is 2.86. The number of aromatic nitrogens is 2. The van der Waals surface area contributed by atoms with Gasteiger partial charge in [-0.1, -0.05) is 17.8 Å². The average Bonchev–Trinajstić information content (AvgIpc) is 2.33. The van der Waals surface area contributed by atoms with Gasteiger partial charge in [0.1, 0.15) is 10.9 Å². The Kier molecular flexibility index (Phi) is 6.01. The summed E-state index contributed by atoms with van der Waals surface area (Å²) in [5.41, 5.74) is 0.846. The summed E-state index contributed by atoms with van der Waals surface area (Å²) in [7, 11) is 0. The third kappa shape index (κ3) is 6.01. The molecule has 0 unspecified atom stereocenters. The highest BCUT2D eigenvalue weighted by molar-refractivity contribution is 7.99. The monoisotopic (exact) mass is 280 g/mol. The van der Waals surface area contributed by atoms with E-state index in [9.17, 15) is 9.59 Å². The Morgan fingerprint density at radius 3 is 2.79 bits per heavy atom. The first-order chi connectivity index (χ1) is 9.01. The van der Waals surface area contributed by atoms with Crippen LogP contribution in [-0.2, 0) is 4.79 Å². The fourth-order valence-electron chi connectivity index (χ4n) is 1.27. The standard InChI is InChI=1S/C12H16N4O2S/c1-4-5-13-12(18)16-10(17)7-19-11-6-8(2)14-9(3)15-11/h4,6H,1,5,7H2,2-3H3,(H2,13,16,17,18). The first-order valence-electron chi connectivity index (χ1n) is 5.65. The quantitative estimate of drug-likeness (QED) is 0.481. The van der Waals surface area contributed by atoms with Crippen molar-refractivity contribution in [2.24, 2.45) is 0 Å². The number of hydrogen-bond acceptors (Lipinski definition) is 5. The minimum atomic E-state index is -0.527. The smallest absolute Gasteiger partial charge is 0.321 e. The normalized spacial score (nSPS) is 9.79. The summed E-state index contributed by atoms with van der Waals surface area (Å²) >= 11 is 1.26. The number of aryl methyl sites for hydroxylation is 2. The van der Waals surface area contributed by atoms with Crippen molar-refractivity contribution in [1.82, 2.24) is 20.6 Å². The van der Waals surface area contributed by atoms with Crippen LogP contribution in [0.15, 0.2) is 23.7 Å². The number of rotatable bonds is 5. The lowest BCUT2D eigenvalue weighted by atomic mass is 10.4. The molecule has 1 aromatic heterocycles. The summed E-state index contributed by atoms with van der Waals surface area (Å²) in [5, 5.41) is 5.38. The minimum Gasteiger partial charge on any atom is -0.334 e. The van der Waals surface area contributed by atoms with Crippen molar-refractivity contribution in [2.45, 2.75) is 18.9 Å². The zero-order valence-electron chi connectivity index (χ0n) is 10.9. The maximum absolute atomic E-state index is 11.5. The minimum absolute atomic E-state index is 0.122.